The fourth-order valence-corrected chi connectivity index (χ4v) is 4.26. The summed E-state index contributed by atoms with van der Waals surface area (Å²) in [5.41, 5.74) is 4.34. The van der Waals surface area contributed by atoms with E-state index in [1.807, 2.05) is 32.3 Å². The van der Waals surface area contributed by atoms with Gasteiger partial charge in [-0.3, -0.25) is 9.67 Å². The second kappa shape index (κ2) is 10.1. The Kier molecular flexibility index (Phi) is 6.53. The van der Waals surface area contributed by atoms with E-state index in [2.05, 4.69) is 31.7 Å². The van der Waals surface area contributed by atoms with Crippen molar-refractivity contribution in [2.45, 2.75) is 19.8 Å². The van der Waals surface area contributed by atoms with Gasteiger partial charge in [0.1, 0.15) is 17.3 Å². The number of urea groups is 1. The van der Waals surface area contributed by atoms with Crippen molar-refractivity contribution in [3.05, 3.63) is 78.5 Å². The van der Waals surface area contributed by atoms with Crippen LogP contribution in [-0.2, 0) is 7.05 Å². The Balaban J connectivity index is 1.28. The van der Waals surface area contributed by atoms with Crippen LogP contribution < -0.4 is 20.3 Å². The lowest BCUT2D eigenvalue weighted by Crippen LogP contribution is -2.21. The zero-order valence-electron chi connectivity index (χ0n) is 20.2. The number of ether oxygens (including phenoxy) is 1. The predicted octanol–water partition coefficient (Wildman–Crippen LogP) is 5.97. The molecule has 0 aliphatic carbocycles. The van der Waals surface area contributed by atoms with Gasteiger partial charge in [-0.25, -0.2) is 9.18 Å². The number of hydrogen-bond acceptors (Lipinski definition) is 5. The third-order valence-corrected chi connectivity index (χ3v) is 5.94. The largest absolute Gasteiger partial charge is 0.457 e. The van der Waals surface area contributed by atoms with Crippen LogP contribution in [0.4, 0.5) is 26.2 Å². The van der Waals surface area contributed by atoms with Crippen molar-refractivity contribution >= 4 is 23.1 Å². The van der Waals surface area contributed by atoms with E-state index in [9.17, 15) is 9.18 Å². The van der Waals surface area contributed by atoms with E-state index in [-0.39, 0.29) is 5.69 Å². The second-order valence-electron chi connectivity index (χ2n) is 8.85. The molecule has 9 heteroatoms. The molecule has 8 nitrogen and oxygen atoms in total. The van der Waals surface area contributed by atoms with Gasteiger partial charge in [0.05, 0.1) is 17.6 Å². The summed E-state index contributed by atoms with van der Waals surface area (Å²) in [5.74, 6) is 0.340. The topological polar surface area (TPSA) is 84.3 Å². The molecule has 2 N–H and O–H groups in total. The molecular weight excluding hydrogens is 459 g/mol. The molecule has 2 amide bonds. The van der Waals surface area contributed by atoms with Crippen LogP contribution in [0.2, 0.25) is 0 Å². The molecule has 1 fully saturated rings. The number of aryl methyl sites for hydroxylation is 2. The SMILES string of the molecule is Cc1cc(NC(=O)Nc2cc(Oc3ccnc(-c4cnn(C)c4)c3)ccc2F)cc(N2CCCC2)c1. The summed E-state index contributed by atoms with van der Waals surface area (Å²) >= 11 is 0. The molecule has 36 heavy (non-hydrogen) atoms. The molecule has 0 unspecified atom stereocenters. The van der Waals surface area contributed by atoms with E-state index < -0.39 is 11.8 Å². The fourth-order valence-electron chi connectivity index (χ4n) is 4.26. The highest BCUT2D eigenvalue weighted by molar-refractivity contribution is 6.00. The molecule has 0 bridgehead atoms. The van der Waals surface area contributed by atoms with E-state index in [4.69, 9.17) is 4.74 Å². The molecule has 4 aromatic rings. The molecule has 1 aliphatic heterocycles. The van der Waals surface area contributed by atoms with Crippen molar-refractivity contribution < 1.29 is 13.9 Å². The second-order valence-corrected chi connectivity index (χ2v) is 8.85. The van der Waals surface area contributed by atoms with E-state index >= 15 is 0 Å². The van der Waals surface area contributed by atoms with Gasteiger partial charge in [-0.05, 0) is 61.7 Å². The molecule has 2 aromatic carbocycles. The number of nitrogens with zero attached hydrogens (tertiary/aromatic N) is 4. The average molecular weight is 487 g/mol. The number of hydrogen-bond donors (Lipinski definition) is 2. The standard InChI is InChI=1S/C27H27FN6O2/c1-18-11-20(13-21(12-18)34-9-3-4-10-34)31-27(35)32-26-15-22(5-6-24(26)28)36-23-7-8-29-25(14-23)19-16-30-33(2)17-19/h5-8,11-17H,3-4,9-10H2,1-2H3,(H2,31,32,35). The van der Waals surface area contributed by atoms with E-state index in [0.29, 0.717) is 22.9 Å². The maximum absolute atomic E-state index is 14.5. The van der Waals surface area contributed by atoms with Gasteiger partial charge < -0.3 is 20.3 Å². The Morgan fingerprint density at radius 1 is 1.03 bits per heavy atom. The monoisotopic (exact) mass is 486 g/mol. The average Bonchev–Trinajstić information content (AvgIpc) is 3.53. The number of benzene rings is 2. The molecule has 1 aliphatic rings. The first-order valence-electron chi connectivity index (χ1n) is 11.8. The van der Waals surface area contributed by atoms with Crippen LogP contribution in [0, 0.1) is 12.7 Å². The lowest BCUT2D eigenvalue weighted by molar-refractivity contribution is 0.262. The molecule has 0 spiro atoms. The van der Waals surface area contributed by atoms with Crippen LogP contribution in [0.15, 0.2) is 67.1 Å². The van der Waals surface area contributed by atoms with Crippen LogP contribution in [0.1, 0.15) is 18.4 Å². The van der Waals surface area contributed by atoms with Crippen molar-refractivity contribution in [3.63, 3.8) is 0 Å². The first-order valence-corrected chi connectivity index (χ1v) is 11.8. The zero-order valence-corrected chi connectivity index (χ0v) is 20.2. The Labute approximate surface area is 208 Å². The van der Waals surface area contributed by atoms with Gasteiger partial charge in [0.15, 0.2) is 0 Å². The van der Waals surface area contributed by atoms with Crippen molar-refractivity contribution in [2.75, 3.05) is 28.6 Å². The predicted molar refractivity (Wildman–Crippen MR) is 138 cm³/mol. The first kappa shape index (κ1) is 23.3. The highest BCUT2D eigenvalue weighted by Crippen LogP contribution is 2.29. The normalized spacial score (nSPS) is 13.0. The van der Waals surface area contributed by atoms with Crippen LogP contribution in [0.25, 0.3) is 11.3 Å². The van der Waals surface area contributed by atoms with Crippen molar-refractivity contribution in [3.8, 4) is 22.8 Å². The molecule has 0 saturated carbocycles. The Bertz CT molecular complexity index is 1400. The number of carbonyl (C=O) groups is 1. The minimum Gasteiger partial charge on any atom is -0.457 e. The van der Waals surface area contributed by atoms with E-state index in [0.717, 1.165) is 29.9 Å². The molecule has 184 valence electrons. The number of nitrogens with one attached hydrogen (secondary N) is 2. The molecule has 3 heterocycles. The van der Waals surface area contributed by atoms with Crippen molar-refractivity contribution in [1.82, 2.24) is 14.8 Å². The Morgan fingerprint density at radius 2 is 1.83 bits per heavy atom. The van der Waals surface area contributed by atoms with Gasteiger partial charge in [0.2, 0.25) is 0 Å². The maximum atomic E-state index is 14.5. The number of pyridine rings is 1. The van der Waals surface area contributed by atoms with E-state index in [1.54, 1.807) is 29.2 Å². The smallest absolute Gasteiger partial charge is 0.323 e. The summed E-state index contributed by atoms with van der Waals surface area (Å²) in [4.78, 5) is 19.3. The van der Waals surface area contributed by atoms with Crippen LogP contribution in [-0.4, -0.2) is 33.9 Å². The van der Waals surface area contributed by atoms with Crippen LogP contribution >= 0.6 is 0 Å². The fraction of sp³-hybridized carbons (Fsp3) is 0.222. The number of halogens is 1. The summed E-state index contributed by atoms with van der Waals surface area (Å²) < 4.78 is 22.1. The summed E-state index contributed by atoms with van der Waals surface area (Å²) in [7, 11) is 1.83. The third-order valence-electron chi connectivity index (χ3n) is 5.94. The summed E-state index contributed by atoms with van der Waals surface area (Å²) in [6.45, 7) is 4.00. The van der Waals surface area contributed by atoms with Gasteiger partial charge in [0.25, 0.3) is 0 Å². The molecule has 5 rings (SSSR count). The Hall–Kier alpha value is -4.40. The number of aromatic nitrogens is 3. The third kappa shape index (κ3) is 5.46. The highest BCUT2D eigenvalue weighted by atomic mass is 19.1. The molecule has 0 radical (unpaired) electrons. The van der Waals surface area contributed by atoms with Crippen LogP contribution in [0.5, 0.6) is 11.5 Å². The Morgan fingerprint density at radius 3 is 2.61 bits per heavy atom. The summed E-state index contributed by atoms with van der Waals surface area (Å²) in [6.07, 6.45) is 7.53. The van der Waals surface area contributed by atoms with Gasteiger partial charge in [-0.2, -0.15) is 5.10 Å². The van der Waals surface area contributed by atoms with Gasteiger partial charge in [-0.15, -0.1) is 0 Å². The number of rotatable bonds is 6. The summed E-state index contributed by atoms with van der Waals surface area (Å²) in [6, 6.07) is 13.1. The first-order chi connectivity index (χ1) is 17.4. The lowest BCUT2D eigenvalue weighted by atomic mass is 10.2. The highest BCUT2D eigenvalue weighted by Gasteiger charge is 2.15. The van der Waals surface area contributed by atoms with Gasteiger partial charge >= 0.3 is 6.03 Å². The molecule has 1 saturated heterocycles. The quantitative estimate of drug-likeness (QED) is 0.351. The summed E-state index contributed by atoms with van der Waals surface area (Å²) in [5, 5.41) is 9.57. The van der Waals surface area contributed by atoms with Crippen LogP contribution in [0.3, 0.4) is 0 Å². The molecule has 0 atom stereocenters. The minimum absolute atomic E-state index is 0.0129. The van der Waals surface area contributed by atoms with Crippen molar-refractivity contribution in [1.29, 1.82) is 0 Å². The number of carbonyl (C=O) groups excluding carboxylic acids is 1. The zero-order chi connectivity index (χ0) is 25.1. The van der Waals surface area contributed by atoms with Gasteiger partial charge in [-0.1, -0.05) is 0 Å². The van der Waals surface area contributed by atoms with E-state index in [1.165, 1.54) is 31.0 Å². The maximum Gasteiger partial charge on any atom is 0.323 e. The lowest BCUT2D eigenvalue weighted by Gasteiger charge is -2.19. The van der Waals surface area contributed by atoms with Gasteiger partial charge in [0, 0.05) is 61.6 Å². The van der Waals surface area contributed by atoms with Crippen molar-refractivity contribution in [2.24, 2.45) is 7.05 Å². The molecule has 2 aromatic heterocycles. The minimum atomic E-state index is -0.565. The number of anilines is 3. The molecular formula is C27H27FN6O2. The number of amides is 2.